The quantitative estimate of drug-likeness (QED) is 0.262. The third-order valence-corrected chi connectivity index (χ3v) is 6.19. The van der Waals surface area contributed by atoms with Gasteiger partial charge in [0.15, 0.2) is 0 Å². The van der Waals surface area contributed by atoms with E-state index in [2.05, 4.69) is 16.4 Å². The maximum absolute atomic E-state index is 13.1. The lowest BCUT2D eigenvalue weighted by molar-refractivity contribution is -0.136. The smallest absolute Gasteiger partial charge is 0.303 e. The summed E-state index contributed by atoms with van der Waals surface area (Å²) in [5.74, 6) is 0.663. The van der Waals surface area contributed by atoms with Crippen LogP contribution in [-0.4, -0.2) is 28.6 Å². The Morgan fingerprint density at radius 1 is 0.947 bits per heavy atom. The normalized spacial score (nSPS) is 10.8. The lowest BCUT2D eigenvalue weighted by Gasteiger charge is -2.13. The van der Waals surface area contributed by atoms with E-state index >= 15 is 0 Å². The first-order valence-corrected chi connectivity index (χ1v) is 12.6. The number of amides is 1. The fraction of sp³-hybridized carbons (Fsp3) is 0.258. The number of carbonyl (C=O) groups is 2. The van der Waals surface area contributed by atoms with Gasteiger partial charge in [-0.2, -0.15) is 0 Å². The van der Waals surface area contributed by atoms with Crippen LogP contribution in [0.3, 0.4) is 0 Å². The van der Waals surface area contributed by atoms with Crippen LogP contribution in [0.15, 0.2) is 71.1 Å². The van der Waals surface area contributed by atoms with E-state index < -0.39 is 5.97 Å². The van der Waals surface area contributed by atoms with Gasteiger partial charge in [0.05, 0.1) is 12.3 Å². The van der Waals surface area contributed by atoms with E-state index in [1.807, 2.05) is 63.2 Å². The summed E-state index contributed by atoms with van der Waals surface area (Å²) >= 11 is 0. The topological polar surface area (TPSA) is 102 Å². The molecule has 0 aliphatic carbocycles. The molecule has 1 amide bonds. The van der Waals surface area contributed by atoms with Gasteiger partial charge in [0.2, 0.25) is 5.89 Å². The number of oxazole rings is 1. The second kappa shape index (κ2) is 12.2. The van der Waals surface area contributed by atoms with Gasteiger partial charge in [0.25, 0.3) is 5.91 Å². The first kappa shape index (κ1) is 26.7. The maximum atomic E-state index is 13.1. The molecule has 0 spiro atoms. The van der Waals surface area contributed by atoms with Gasteiger partial charge in [-0.15, -0.1) is 0 Å². The summed E-state index contributed by atoms with van der Waals surface area (Å²) < 4.78 is 11.8. The molecule has 0 saturated carbocycles. The standard InChI is InChI=1S/C31H32N2O5/c1-20-15-21(2)17-23(16-20)19-32-30(36)27-18-26(11-9-24(27)10-12-29(34)35)37-14-13-28-22(3)38-31(33-28)25-7-5-4-6-8-25/h4-9,11,15-18H,10,12-14,19H2,1-3H3,(H,32,36)(H,34,35). The number of rotatable bonds is 11. The van der Waals surface area contributed by atoms with Crippen LogP contribution in [0.5, 0.6) is 5.75 Å². The Kier molecular flexibility index (Phi) is 8.58. The van der Waals surface area contributed by atoms with E-state index in [4.69, 9.17) is 14.3 Å². The van der Waals surface area contributed by atoms with E-state index in [1.165, 1.54) is 0 Å². The van der Waals surface area contributed by atoms with Crippen LogP contribution in [0.1, 0.15) is 50.5 Å². The maximum Gasteiger partial charge on any atom is 0.303 e. The van der Waals surface area contributed by atoms with Crippen molar-refractivity contribution in [3.8, 4) is 17.2 Å². The lowest BCUT2D eigenvalue weighted by Crippen LogP contribution is -2.24. The third kappa shape index (κ3) is 7.09. The highest BCUT2D eigenvalue weighted by molar-refractivity contribution is 5.96. The number of nitrogens with one attached hydrogen (secondary N) is 1. The van der Waals surface area contributed by atoms with Gasteiger partial charge in [0.1, 0.15) is 11.5 Å². The van der Waals surface area contributed by atoms with Crippen LogP contribution in [0.4, 0.5) is 0 Å². The SMILES string of the molecule is Cc1cc(C)cc(CNC(=O)c2cc(OCCc3nc(-c4ccccc4)oc3C)ccc2CCC(=O)O)c1. The van der Waals surface area contributed by atoms with Crippen molar-refractivity contribution >= 4 is 11.9 Å². The largest absolute Gasteiger partial charge is 0.493 e. The Balaban J connectivity index is 1.44. The Morgan fingerprint density at radius 2 is 1.68 bits per heavy atom. The molecule has 3 aromatic carbocycles. The van der Waals surface area contributed by atoms with Crippen molar-refractivity contribution in [2.75, 3.05) is 6.61 Å². The van der Waals surface area contributed by atoms with E-state index in [0.717, 1.165) is 33.7 Å². The molecule has 38 heavy (non-hydrogen) atoms. The number of aryl methyl sites for hydroxylation is 4. The highest BCUT2D eigenvalue weighted by Crippen LogP contribution is 2.23. The molecule has 1 heterocycles. The van der Waals surface area contributed by atoms with Gasteiger partial charge in [0, 0.05) is 30.5 Å². The van der Waals surface area contributed by atoms with Crippen molar-refractivity contribution in [1.82, 2.24) is 10.3 Å². The van der Waals surface area contributed by atoms with Gasteiger partial charge < -0.3 is 19.6 Å². The number of carbonyl (C=O) groups excluding carboxylic acids is 1. The van der Waals surface area contributed by atoms with Gasteiger partial charge in [-0.05, 0) is 62.6 Å². The van der Waals surface area contributed by atoms with Crippen molar-refractivity contribution in [2.24, 2.45) is 0 Å². The monoisotopic (exact) mass is 512 g/mol. The molecule has 0 radical (unpaired) electrons. The fourth-order valence-electron chi connectivity index (χ4n) is 4.39. The highest BCUT2D eigenvalue weighted by Gasteiger charge is 2.15. The summed E-state index contributed by atoms with van der Waals surface area (Å²) in [7, 11) is 0. The van der Waals surface area contributed by atoms with Crippen molar-refractivity contribution < 1.29 is 23.8 Å². The number of carboxylic acids is 1. The second-order valence-electron chi connectivity index (χ2n) is 9.38. The Hall–Kier alpha value is -4.39. The molecule has 0 atom stereocenters. The van der Waals surface area contributed by atoms with Crippen LogP contribution < -0.4 is 10.1 Å². The van der Waals surface area contributed by atoms with Gasteiger partial charge in [-0.3, -0.25) is 9.59 Å². The molecule has 0 aliphatic heterocycles. The molecular weight excluding hydrogens is 480 g/mol. The van der Waals surface area contributed by atoms with E-state index in [1.54, 1.807) is 18.2 Å². The minimum atomic E-state index is -0.912. The number of hydrogen-bond donors (Lipinski definition) is 2. The van der Waals surface area contributed by atoms with Crippen molar-refractivity contribution in [1.29, 1.82) is 0 Å². The van der Waals surface area contributed by atoms with Crippen molar-refractivity contribution in [3.63, 3.8) is 0 Å². The molecule has 1 aromatic heterocycles. The number of aromatic nitrogens is 1. The van der Waals surface area contributed by atoms with E-state index in [9.17, 15) is 9.59 Å². The highest BCUT2D eigenvalue weighted by atomic mass is 16.5. The van der Waals surface area contributed by atoms with Gasteiger partial charge in [-0.25, -0.2) is 4.98 Å². The molecule has 0 unspecified atom stereocenters. The number of benzene rings is 3. The van der Waals surface area contributed by atoms with E-state index in [0.29, 0.717) is 42.3 Å². The molecule has 196 valence electrons. The Labute approximate surface area is 222 Å². The lowest BCUT2D eigenvalue weighted by atomic mass is 10.0. The summed E-state index contributed by atoms with van der Waals surface area (Å²) in [5, 5.41) is 12.1. The first-order chi connectivity index (χ1) is 18.3. The molecule has 7 nitrogen and oxygen atoms in total. The fourth-order valence-corrected chi connectivity index (χ4v) is 4.39. The summed E-state index contributed by atoms with van der Waals surface area (Å²) in [4.78, 5) is 28.9. The molecule has 0 aliphatic rings. The minimum absolute atomic E-state index is 0.0628. The predicted octanol–water partition coefficient (Wildman–Crippen LogP) is 5.84. The average molecular weight is 513 g/mol. The van der Waals surface area contributed by atoms with E-state index in [-0.39, 0.29) is 18.7 Å². The predicted molar refractivity (Wildman–Crippen MR) is 145 cm³/mol. The zero-order chi connectivity index (χ0) is 27.1. The van der Waals surface area contributed by atoms with Crippen LogP contribution >= 0.6 is 0 Å². The summed E-state index contributed by atoms with van der Waals surface area (Å²) in [6, 6.07) is 21.1. The number of carboxylic acid groups (broad SMARTS) is 1. The average Bonchev–Trinajstić information content (AvgIpc) is 3.26. The van der Waals surface area contributed by atoms with Crippen LogP contribution in [0, 0.1) is 20.8 Å². The van der Waals surface area contributed by atoms with Crippen LogP contribution in [-0.2, 0) is 24.2 Å². The molecular formula is C31H32N2O5. The number of hydrogen-bond acceptors (Lipinski definition) is 5. The molecule has 0 bridgehead atoms. The zero-order valence-corrected chi connectivity index (χ0v) is 21.9. The molecule has 2 N–H and O–H groups in total. The number of aliphatic carboxylic acids is 1. The van der Waals surface area contributed by atoms with Crippen molar-refractivity contribution in [3.05, 3.63) is 106 Å². The number of ether oxygens (including phenoxy) is 1. The summed E-state index contributed by atoms with van der Waals surface area (Å²) in [6.07, 6.45) is 0.728. The molecule has 0 saturated heterocycles. The zero-order valence-electron chi connectivity index (χ0n) is 21.9. The minimum Gasteiger partial charge on any atom is -0.493 e. The molecule has 4 rings (SSSR count). The first-order valence-electron chi connectivity index (χ1n) is 12.6. The van der Waals surface area contributed by atoms with Crippen LogP contribution in [0.25, 0.3) is 11.5 Å². The third-order valence-electron chi connectivity index (χ3n) is 6.19. The summed E-state index contributed by atoms with van der Waals surface area (Å²) in [6.45, 7) is 6.64. The Morgan fingerprint density at radius 3 is 2.39 bits per heavy atom. The van der Waals surface area contributed by atoms with Crippen molar-refractivity contribution in [2.45, 2.75) is 46.6 Å². The summed E-state index contributed by atoms with van der Waals surface area (Å²) in [5.41, 5.74) is 6.07. The Bertz CT molecular complexity index is 1410. The van der Waals surface area contributed by atoms with Gasteiger partial charge in [-0.1, -0.05) is 53.6 Å². The van der Waals surface area contributed by atoms with Crippen LogP contribution in [0.2, 0.25) is 0 Å². The molecule has 0 fully saturated rings. The molecule has 7 heteroatoms. The van der Waals surface area contributed by atoms with Gasteiger partial charge >= 0.3 is 5.97 Å². The number of nitrogens with zero attached hydrogens (tertiary/aromatic N) is 1. The molecule has 4 aromatic rings. The second-order valence-corrected chi connectivity index (χ2v) is 9.38.